The fraction of sp³-hybridized carbons (Fsp3) is 0.200. The first-order valence-corrected chi connectivity index (χ1v) is 6.56. The van der Waals surface area contributed by atoms with Crippen LogP contribution in [0.3, 0.4) is 0 Å². The summed E-state index contributed by atoms with van der Waals surface area (Å²) in [5.41, 5.74) is 2.39. The molecule has 0 bridgehead atoms. The molecule has 0 amide bonds. The van der Waals surface area contributed by atoms with Crippen LogP contribution in [0.15, 0.2) is 36.4 Å². The molecule has 1 N–H and O–H groups in total. The van der Waals surface area contributed by atoms with Crippen LogP contribution in [0.25, 0.3) is 0 Å². The van der Waals surface area contributed by atoms with Crippen LogP contribution in [0.4, 0.5) is 11.5 Å². The van der Waals surface area contributed by atoms with Crippen molar-refractivity contribution >= 4 is 23.1 Å². The number of halogens is 1. The molecule has 5 heteroatoms. The highest BCUT2D eigenvalue weighted by Gasteiger charge is 2.08. The van der Waals surface area contributed by atoms with E-state index in [0.717, 1.165) is 17.2 Å². The summed E-state index contributed by atoms with van der Waals surface area (Å²) < 4.78 is 0. The van der Waals surface area contributed by atoms with E-state index in [-0.39, 0.29) is 0 Å². The maximum Gasteiger partial charge on any atom is 0.126 e. The monoisotopic (exact) mass is 286 g/mol. The molecule has 0 fully saturated rings. The molecule has 1 aromatic heterocycles. The molecule has 0 radical (unpaired) electrons. The van der Waals surface area contributed by atoms with Crippen LogP contribution in [0.5, 0.6) is 0 Å². The number of nitrogens with zero attached hydrogens (tertiary/aromatic N) is 3. The van der Waals surface area contributed by atoms with Gasteiger partial charge in [-0.3, -0.25) is 0 Å². The lowest BCUT2D eigenvalue weighted by Crippen LogP contribution is -2.18. The molecular weight excluding hydrogens is 272 g/mol. The van der Waals surface area contributed by atoms with Gasteiger partial charge < -0.3 is 10.2 Å². The zero-order chi connectivity index (χ0) is 14.5. The fourth-order valence-corrected chi connectivity index (χ4v) is 2.03. The van der Waals surface area contributed by atoms with E-state index < -0.39 is 0 Å². The van der Waals surface area contributed by atoms with Crippen molar-refractivity contribution in [2.75, 3.05) is 24.3 Å². The van der Waals surface area contributed by atoms with Crippen LogP contribution in [-0.4, -0.2) is 19.1 Å². The van der Waals surface area contributed by atoms with Crippen molar-refractivity contribution in [2.45, 2.75) is 6.54 Å². The Balaban J connectivity index is 2.23. The van der Waals surface area contributed by atoms with Gasteiger partial charge in [0.1, 0.15) is 5.82 Å². The van der Waals surface area contributed by atoms with E-state index in [1.165, 1.54) is 0 Å². The number of rotatable bonds is 4. The molecule has 1 heterocycles. The zero-order valence-electron chi connectivity index (χ0n) is 11.4. The lowest BCUT2D eigenvalue weighted by atomic mass is 10.2. The molecule has 20 heavy (non-hydrogen) atoms. The van der Waals surface area contributed by atoms with E-state index in [1.54, 1.807) is 6.07 Å². The Hall–Kier alpha value is -2.25. The highest BCUT2D eigenvalue weighted by Crippen LogP contribution is 2.21. The summed E-state index contributed by atoms with van der Waals surface area (Å²) in [6.45, 7) is 0.573. The number of hydrogen-bond donors (Lipinski definition) is 1. The third-order valence-corrected chi connectivity index (χ3v) is 3.32. The number of anilines is 2. The lowest BCUT2D eigenvalue weighted by Gasteiger charge is -2.20. The Bertz CT molecular complexity index is 649. The average Bonchev–Trinajstić information content (AvgIpc) is 2.49. The predicted molar refractivity (Wildman–Crippen MR) is 82.1 cm³/mol. The number of benzene rings is 1. The number of pyridine rings is 1. The van der Waals surface area contributed by atoms with Crippen molar-refractivity contribution in [3.05, 3.63) is 52.7 Å². The van der Waals surface area contributed by atoms with E-state index in [4.69, 9.17) is 16.9 Å². The summed E-state index contributed by atoms with van der Waals surface area (Å²) in [5.74, 6) is 0.781. The SMILES string of the molecule is CNc1ccc(Cl)c(CN(C)c2cccc(C#N)c2)n1. The van der Waals surface area contributed by atoms with Gasteiger partial charge >= 0.3 is 0 Å². The summed E-state index contributed by atoms with van der Waals surface area (Å²) in [4.78, 5) is 6.46. The van der Waals surface area contributed by atoms with Gasteiger partial charge in [0, 0.05) is 19.8 Å². The van der Waals surface area contributed by atoms with Crippen molar-refractivity contribution in [1.29, 1.82) is 5.26 Å². The van der Waals surface area contributed by atoms with E-state index in [0.29, 0.717) is 17.1 Å². The average molecular weight is 287 g/mol. The third kappa shape index (κ3) is 3.19. The Morgan fingerprint density at radius 3 is 2.85 bits per heavy atom. The first-order chi connectivity index (χ1) is 9.63. The van der Waals surface area contributed by atoms with Crippen molar-refractivity contribution in [1.82, 2.24) is 4.98 Å². The van der Waals surface area contributed by atoms with E-state index in [9.17, 15) is 0 Å². The van der Waals surface area contributed by atoms with Gasteiger partial charge in [0.25, 0.3) is 0 Å². The quantitative estimate of drug-likeness (QED) is 0.937. The number of hydrogen-bond acceptors (Lipinski definition) is 4. The summed E-state index contributed by atoms with van der Waals surface area (Å²) in [7, 11) is 3.76. The van der Waals surface area contributed by atoms with Crippen LogP contribution in [0.2, 0.25) is 5.02 Å². The molecule has 0 unspecified atom stereocenters. The molecule has 0 spiro atoms. The van der Waals surface area contributed by atoms with Gasteiger partial charge in [-0.05, 0) is 30.3 Å². The minimum atomic E-state index is 0.573. The molecule has 1 aromatic carbocycles. The van der Waals surface area contributed by atoms with Crippen LogP contribution in [-0.2, 0) is 6.54 Å². The number of aromatic nitrogens is 1. The molecule has 4 nitrogen and oxygen atoms in total. The Morgan fingerprint density at radius 2 is 2.15 bits per heavy atom. The lowest BCUT2D eigenvalue weighted by molar-refractivity contribution is 0.886. The van der Waals surface area contributed by atoms with Crippen LogP contribution in [0.1, 0.15) is 11.3 Å². The minimum absolute atomic E-state index is 0.573. The smallest absolute Gasteiger partial charge is 0.126 e. The van der Waals surface area contributed by atoms with Crippen molar-refractivity contribution < 1.29 is 0 Å². The molecular formula is C15H15ClN4. The molecule has 2 rings (SSSR count). The summed E-state index contributed by atoms with van der Waals surface area (Å²) in [6.07, 6.45) is 0. The molecule has 0 saturated heterocycles. The molecule has 102 valence electrons. The first kappa shape index (κ1) is 14.2. The minimum Gasteiger partial charge on any atom is -0.373 e. The normalized spacial score (nSPS) is 9.90. The summed E-state index contributed by atoms with van der Waals surface area (Å²) in [6, 6.07) is 13.2. The highest BCUT2D eigenvalue weighted by atomic mass is 35.5. The van der Waals surface area contributed by atoms with E-state index in [2.05, 4.69) is 16.4 Å². The fourth-order valence-electron chi connectivity index (χ4n) is 1.86. The van der Waals surface area contributed by atoms with Gasteiger partial charge in [-0.1, -0.05) is 17.7 Å². The second-order valence-electron chi connectivity index (χ2n) is 4.39. The van der Waals surface area contributed by atoms with Crippen molar-refractivity contribution in [2.24, 2.45) is 0 Å². The zero-order valence-corrected chi connectivity index (χ0v) is 12.1. The van der Waals surface area contributed by atoms with Crippen LogP contribution in [0, 0.1) is 11.3 Å². The van der Waals surface area contributed by atoms with Crippen molar-refractivity contribution in [3.8, 4) is 6.07 Å². The van der Waals surface area contributed by atoms with Crippen LogP contribution < -0.4 is 10.2 Å². The molecule has 0 atom stereocenters. The maximum absolute atomic E-state index is 8.94. The summed E-state index contributed by atoms with van der Waals surface area (Å²) >= 11 is 6.17. The topological polar surface area (TPSA) is 52.0 Å². The highest BCUT2D eigenvalue weighted by molar-refractivity contribution is 6.31. The molecule has 0 saturated carbocycles. The van der Waals surface area contributed by atoms with Crippen LogP contribution >= 0.6 is 11.6 Å². The van der Waals surface area contributed by atoms with E-state index in [1.807, 2.05) is 49.3 Å². The van der Waals surface area contributed by atoms with Crippen molar-refractivity contribution in [3.63, 3.8) is 0 Å². The predicted octanol–water partition coefficient (Wildman–Crippen LogP) is 3.28. The summed E-state index contributed by atoms with van der Waals surface area (Å²) in [5, 5.41) is 12.6. The second-order valence-corrected chi connectivity index (χ2v) is 4.80. The van der Waals surface area contributed by atoms with Gasteiger partial charge in [-0.25, -0.2) is 4.98 Å². The van der Waals surface area contributed by atoms with Gasteiger partial charge in [0.2, 0.25) is 0 Å². The van der Waals surface area contributed by atoms with Gasteiger partial charge in [-0.15, -0.1) is 0 Å². The Morgan fingerprint density at radius 1 is 1.35 bits per heavy atom. The van der Waals surface area contributed by atoms with Gasteiger partial charge in [0.15, 0.2) is 0 Å². The first-order valence-electron chi connectivity index (χ1n) is 6.18. The standard InChI is InChI=1S/C15H15ClN4/c1-18-15-7-6-13(16)14(19-15)10-20(2)12-5-3-4-11(8-12)9-17/h3-8H,10H2,1-2H3,(H,18,19). The second kappa shape index (κ2) is 6.27. The van der Waals surface area contributed by atoms with Gasteiger partial charge in [-0.2, -0.15) is 5.26 Å². The number of nitriles is 1. The Kier molecular flexibility index (Phi) is 4.44. The third-order valence-electron chi connectivity index (χ3n) is 2.98. The van der Waals surface area contributed by atoms with Gasteiger partial charge in [0.05, 0.1) is 28.9 Å². The molecule has 0 aliphatic heterocycles. The largest absolute Gasteiger partial charge is 0.373 e. The van der Waals surface area contributed by atoms with E-state index >= 15 is 0 Å². The molecule has 2 aromatic rings. The maximum atomic E-state index is 8.94. The Labute approximate surface area is 123 Å². The number of nitrogens with one attached hydrogen (secondary N) is 1. The molecule has 0 aliphatic carbocycles. The molecule has 0 aliphatic rings.